The van der Waals surface area contributed by atoms with Crippen molar-refractivity contribution in [3.63, 3.8) is 0 Å². The summed E-state index contributed by atoms with van der Waals surface area (Å²) in [5, 5.41) is 0.432. The van der Waals surface area contributed by atoms with Crippen molar-refractivity contribution in [3.05, 3.63) is 154 Å². The van der Waals surface area contributed by atoms with Crippen LogP contribution in [0.5, 0.6) is 23.1 Å². The summed E-state index contributed by atoms with van der Waals surface area (Å²) < 4.78 is 30.7. The molecule has 7 nitrogen and oxygen atoms in total. The molecule has 1 aliphatic heterocycles. The Morgan fingerprint density at radius 2 is 1.60 bits per heavy atom. The molecule has 1 saturated heterocycles. The van der Waals surface area contributed by atoms with Crippen LogP contribution in [0.4, 0.5) is 4.39 Å². The molecule has 1 aromatic heterocycles. The Morgan fingerprint density at radius 1 is 0.885 bits per heavy atom. The van der Waals surface area contributed by atoms with Gasteiger partial charge in [0.2, 0.25) is 11.8 Å². The lowest BCUT2D eigenvalue weighted by molar-refractivity contribution is -0.130. The van der Waals surface area contributed by atoms with Gasteiger partial charge in [-0.15, -0.1) is 0 Å². The van der Waals surface area contributed by atoms with Gasteiger partial charge in [0, 0.05) is 50.8 Å². The lowest BCUT2D eigenvalue weighted by Gasteiger charge is -2.39. The van der Waals surface area contributed by atoms with E-state index in [9.17, 15) is 9.18 Å². The zero-order valence-electron chi connectivity index (χ0n) is 29.7. The number of carbonyl (C=O) groups is 1. The van der Waals surface area contributed by atoms with E-state index in [0.717, 1.165) is 42.7 Å². The zero-order chi connectivity index (χ0) is 36.5. The van der Waals surface area contributed by atoms with Crippen molar-refractivity contribution in [2.24, 2.45) is 0 Å². The predicted octanol–water partition coefficient (Wildman–Crippen LogP) is 9.23. The summed E-state index contributed by atoms with van der Waals surface area (Å²) >= 11 is 6.64. The van der Waals surface area contributed by atoms with E-state index in [1.165, 1.54) is 28.8 Å². The molecule has 0 unspecified atom stereocenters. The van der Waals surface area contributed by atoms with Gasteiger partial charge < -0.3 is 19.1 Å². The van der Waals surface area contributed by atoms with Crippen LogP contribution in [0.15, 0.2) is 109 Å². The normalized spacial score (nSPS) is 14.8. The van der Waals surface area contributed by atoms with E-state index in [1.54, 1.807) is 42.6 Å². The molecule has 0 saturated carbocycles. The Kier molecular flexibility index (Phi) is 12.2. The first-order valence-corrected chi connectivity index (χ1v) is 17.9. The second-order valence-electron chi connectivity index (χ2n) is 13.2. The van der Waals surface area contributed by atoms with Crippen LogP contribution in [0.2, 0.25) is 5.02 Å². The van der Waals surface area contributed by atoms with Gasteiger partial charge in [0.25, 0.3) is 0 Å². The van der Waals surface area contributed by atoms with Gasteiger partial charge >= 0.3 is 0 Å². The molecule has 1 fully saturated rings. The standard InChI is InChI=1S/C43H43ClFN3O4/c1-30-4-6-35(7-5-30)29-51-39-17-18-41(46-26-39)52-43-31(2)24-36(25-40(43)44)12-19-42(49)48-22-21-47(27-32(48)3)28-34-10-8-33(9-11-34)20-23-50-38-15-13-37(45)14-16-38/h4-19,24-26,32H,20-23,27-29H2,1-3H3/t32-/m1/s1. The number of nitrogens with zero attached hydrogens (tertiary/aromatic N) is 3. The van der Waals surface area contributed by atoms with Crippen molar-refractivity contribution >= 4 is 23.6 Å². The number of halogens is 2. The number of benzene rings is 4. The first-order valence-electron chi connectivity index (χ1n) is 17.5. The summed E-state index contributed by atoms with van der Waals surface area (Å²) in [6.45, 7) is 10.1. The Balaban J connectivity index is 0.953. The lowest BCUT2D eigenvalue weighted by atomic mass is 10.1. The van der Waals surface area contributed by atoms with Crippen molar-refractivity contribution in [2.45, 2.75) is 46.4 Å². The third kappa shape index (κ3) is 10.2. The number of aryl methyl sites for hydroxylation is 2. The fraction of sp³-hybridized carbons (Fsp3) is 0.256. The number of hydrogen-bond acceptors (Lipinski definition) is 6. The van der Waals surface area contributed by atoms with Crippen LogP contribution in [-0.4, -0.2) is 53.0 Å². The summed E-state index contributed by atoms with van der Waals surface area (Å²) in [4.78, 5) is 21.9. The number of carbonyl (C=O) groups excluding carboxylic acids is 1. The topological polar surface area (TPSA) is 64.1 Å². The van der Waals surface area contributed by atoms with Crippen molar-refractivity contribution in [1.29, 1.82) is 0 Å². The predicted molar refractivity (Wildman–Crippen MR) is 204 cm³/mol. The van der Waals surface area contributed by atoms with E-state index in [4.69, 9.17) is 25.8 Å². The van der Waals surface area contributed by atoms with Crippen molar-refractivity contribution in [2.75, 3.05) is 26.2 Å². The number of ether oxygens (including phenoxy) is 3. The summed E-state index contributed by atoms with van der Waals surface area (Å²) in [5.74, 6) is 1.93. The highest BCUT2D eigenvalue weighted by atomic mass is 35.5. The molecule has 5 aromatic rings. The maximum Gasteiger partial charge on any atom is 0.246 e. The van der Waals surface area contributed by atoms with Gasteiger partial charge in [-0.1, -0.05) is 65.7 Å². The van der Waals surface area contributed by atoms with E-state index in [-0.39, 0.29) is 17.8 Å². The quantitative estimate of drug-likeness (QED) is 0.113. The molecule has 52 heavy (non-hydrogen) atoms. The lowest BCUT2D eigenvalue weighted by Crippen LogP contribution is -2.53. The van der Waals surface area contributed by atoms with Crippen LogP contribution >= 0.6 is 11.6 Å². The first-order chi connectivity index (χ1) is 25.2. The maximum absolute atomic E-state index is 13.2. The Hall–Kier alpha value is -5.18. The molecule has 2 heterocycles. The number of piperazine rings is 1. The second-order valence-corrected chi connectivity index (χ2v) is 13.6. The summed E-state index contributed by atoms with van der Waals surface area (Å²) in [6.07, 6.45) is 5.82. The molecular weight excluding hydrogens is 677 g/mol. The largest absolute Gasteiger partial charge is 0.493 e. The number of pyridine rings is 1. The SMILES string of the molecule is Cc1ccc(COc2ccc(Oc3c(C)cc(C=CC(=O)N4CCN(Cc5ccc(CCOc6ccc(F)cc6)cc5)C[C@H]4C)cc3Cl)nc2)cc1. The maximum atomic E-state index is 13.2. The van der Waals surface area contributed by atoms with Crippen LogP contribution in [0.3, 0.4) is 0 Å². The van der Waals surface area contributed by atoms with E-state index < -0.39 is 0 Å². The Bertz CT molecular complexity index is 1940. The van der Waals surface area contributed by atoms with Gasteiger partial charge in [0.05, 0.1) is 17.8 Å². The molecule has 0 spiro atoms. The van der Waals surface area contributed by atoms with E-state index in [2.05, 4.69) is 60.1 Å². The molecule has 1 aliphatic rings. The molecule has 0 aliphatic carbocycles. The summed E-state index contributed by atoms with van der Waals surface area (Å²) in [5.41, 5.74) is 6.34. The molecule has 1 atom stereocenters. The molecular formula is C43H43ClFN3O4. The Morgan fingerprint density at radius 3 is 2.29 bits per heavy atom. The number of aromatic nitrogens is 1. The van der Waals surface area contributed by atoms with Crippen LogP contribution in [-0.2, 0) is 24.4 Å². The monoisotopic (exact) mass is 719 g/mol. The van der Waals surface area contributed by atoms with Crippen LogP contribution in [0, 0.1) is 19.7 Å². The van der Waals surface area contributed by atoms with Crippen LogP contribution in [0.25, 0.3) is 6.08 Å². The fourth-order valence-electron chi connectivity index (χ4n) is 6.11. The third-order valence-electron chi connectivity index (χ3n) is 9.01. The van der Waals surface area contributed by atoms with Gasteiger partial charge in [0.1, 0.15) is 23.9 Å². The highest BCUT2D eigenvalue weighted by Gasteiger charge is 2.26. The van der Waals surface area contributed by atoms with Crippen molar-refractivity contribution in [1.82, 2.24) is 14.8 Å². The molecule has 268 valence electrons. The Labute approximate surface area is 310 Å². The van der Waals surface area contributed by atoms with E-state index in [1.807, 2.05) is 36.1 Å². The average molecular weight is 720 g/mol. The van der Waals surface area contributed by atoms with Gasteiger partial charge in [-0.3, -0.25) is 9.69 Å². The molecule has 4 aromatic carbocycles. The van der Waals surface area contributed by atoms with Crippen LogP contribution < -0.4 is 14.2 Å². The fourth-order valence-corrected chi connectivity index (χ4v) is 6.42. The minimum absolute atomic E-state index is 0.0256. The molecule has 1 amide bonds. The summed E-state index contributed by atoms with van der Waals surface area (Å²) in [6, 6.07) is 30.2. The highest BCUT2D eigenvalue weighted by molar-refractivity contribution is 6.32. The highest BCUT2D eigenvalue weighted by Crippen LogP contribution is 2.34. The van der Waals surface area contributed by atoms with E-state index >= 15 is 0 Å². The third-order valence-corrected chi connectivity index (χ3v) is 9.29. The minimum Gasteiger partial charge on any atom is -0.493 e. The number of hydrogen-bond donors (Lipinski definition) is 0. The van der Waals surface area contributed by atoms with Gasteiger partial charge in [-0.25, -0.2) is 9.37 Å². The molecule has 0 N–H and O–H groups in total. The van der Waals surface area contributed by atoms with Crippen LogP contribution in [0.1, 0.15) is 40.3 Å². The first kappa shape index (κ1) is 36.6. The van der Waals surface area contributed by atoms with Crippen molar-refractivity contribution in [3.8, 4) is 23.1 Å². The van der Waals surface area contributed by atoms with Gasteiger partial charge in [-0.2, -0.15) is 0 Å². The molecule has 9 heteroatoms. The smallest absolute Gasteiger partial charge is 0.246 e. The summed E-state index contributed by atoms with van der Waals surface area (Å²) in [7, 11) is 0. The van der Waals surface area contributed by atoms with Gasteiger partial charge in [-0.05, 0) is 97.1 Å². The van der Waals surface area contributed by atoms with Crippen molar-refractivity contribution < 1.29 is 23.4 Å². The number of rotatable bonds is 13. The zero-order valence-corrected chi connectivity index (χ0v) is 30.5. The molecule has 0 radical (unpaired) electrons. The number of amides is 1. The second kappa shape index (κ2) is 17.4. The molecule has 0 bridgehead atoms. The molecule has 6 rings (SSSR count). The van der Waals surface area contributed by atoms with Gasteiger partial charge in [0.15, 0.2) is 5.75 Å². The van der Waals surface area contributed by atoms with E-state index in [0.29, 0.717) is 47.9 Å². The average Bonchev–Trinajstić information content (AvgIpc) is 3.14. The minimum atomic E-state index is -0.272.